The average molecular weight is 387 g/mol. The monoisotopic (exact) mass is 387 g/mol. The molecular formula is C21H23F2N3O2. The Balaban J connectivity index is 1.30. The van der Waals surface area contributed by atoms with Gasteiger partial charge in [-0.05, 0) is 43.4 Å². The van der Waals surface area contributed by atoms with Crippen LogP contribution in [-0.4, -0.2) is 34.9 Å². The first-order valence-electron chi connectivity index (χ1n) is 9.66. The molecule has 148 valence electrons. The molecule has 28 heavy (non-hydrogen) atoms. The Morgan fingerprint density at radius 3 is 2.89 bits per heavy atom. The minimum absolute atomic E-state index is 0.0228. The zero-order valence-electron chi connectivity index (χ0n) is 15.5. The van der Waals surface area contributed by atoms with Gasteiger partial charge in [0, 0.05) is 49.9 Å². The fourth-order valence-electron chi connectivity index (χ4n) is 4.13. The van der Waals surface area contributed by atoms with E-state index in [0.717, 1.165) is 31.1 Å². The van der Waals surface area contributed by atoms with Crippen molar-refractivity contribution < 1.29 is 18.3 Å². The number of nitrogens with zero attached hydrogens (tertiary/aromatic N) is 2. The zero-order chi connectivity index (χ0) is 19.5. The number of carbonyl (C=O) groups is 1. The number of nitrogens with one attached hydrogen (secondary N) is 1. The van der Waals surface area contributed by atoms with Gasteiger partial charge in [0.1, 0.15) is 5.75 Å². The van der Waals surface area contributed by atoms with Crippen LogP contribution in [0.15, 0.2) is 36.5 Å². The third kappa shape index (κ3) is 4.30. The van der Waals surface area contributed by atoms with Crippen molar-refractivity contribution in [1.29, 1.82) is 0 Å². The molecule has 0 spiro atoms. The summed E-state index contributed by atoms with van der Waals surface area (Å²) in [5, 5.41) is 2.89. The van der Waals surface area contributed by atoms with Crippen LogP contribution in [0.5, 0.6) is 11.6 Å². The van der Waals surface area contributed by atoms with Crippen LogP contribution in [-0.2, 0) is 11.3 Å². The number of ether oxygens (including phenoxy) is 1. The van der Waals surface area contributed by atoms with Crippen LogP contribution >= 0.6 is 0 Å². The molecule has 1 aromatic carbocycles. The van der Waals surface area contributed by atoms with Crippen molar-refractivity contribution in [2.45, 2.75) is 38.3 Å². The molecule has 1 saturated heterocycles. The summed E-state index contributed by atoms with van der Waals surface area (Å²) in [7, 11) is 0. The van der Waals surface area contributed by atoms with E-state index in [1.807, 2.05) is 0 Å². The highest BCUT2D eigenvalue weighted by atomic mass is 19.2. The van der Waals surface area contributed by atoms with E-state index >= 15 is 0 Å². The second kappa shape index (κ2) is 8.22. The van der Waals surface area contributed by atoms with Crippen molar-refractivity contribution in [3.8, 4) is 11.6 Å². The Labute approximate surface area is 162 Å². The first-order chi connectivity index (χ1) is 13.6. The van der Waals surface area contributed by atoms with Crippen LogP contribution in [0, 0.1) is 17.6 Å². The number of aromatic nitrogens is 1. The van der Waals surface area contributed by atoms with Crippen molar-refractivity contribution in [2.24, 2.45) is 5.92 Å². The number of amides is 1. The molecule has 1 N–H and O–H groups in total. The fraction of sp³-hybridized carbons (Fsp3) is 0.429. The van der Waals surface area contributed by atoms with E-state index in [2.05, 4.69) is 15.2 Å². The maximum Gasteiger partial charge on any atom is 0.224 e. The summed E-state index contributed by atoms with van der Waals surface area (Å²) in [5.41, 5.74) is 0.667. The largest absolute Gasteiger partial charge is 0.439 e. The van der Waals surface area contributed by atoms with E-state index < -0.39 is 11.6 Å². The highest BCUT2D eigenvalue weighted by Crippen LogP contribution is 2.37. The van der Waals surface area contributed by atoms with Gasteiger partial charge in [0.05, 0.1) is 0 Å². The third-order valence-electron chi connectivity index (χ3n) is 5.58. The number of carbonyl (C=O) groups excluding carboxylic acids is 1. The number of pyridine rings is 1. The van der Waals surface area contributed by atoms with Crippen molar-refractivity contribution in [3.63, 3.8) is 0 Å². The van der Waals surface area contributed by atoms with E-state index in [4.69, 9.17) is 4.74 Å². The molecule has 1 saturated carbocycles. The maximum absolute atomic E-state index is 13.4. The number of hydrogen-bond donors (Lipinski definition) is 1. The molecule has 0 unspecified atom stereocenters. The Morgan fingerprint density at radius 1 is 1.25 bits per heavy atom. The first-order valence-corrected chi connectivity index (χ1v) is 9.66. The number of likely N-dealkylation sites (tertiary alicyclic amines) is 1. The second-order valence-electron chi connectivity index (χ2n) is 7.50. The highest BCUT2D eigenvalue weighted by molar-refractivity contribution is 5.76. The summed E-state index contributed by atoms with van der Waals surface area (Å²) >= 11 is 0. The topological polar surface area (TPSA) is 54.5 Å². The molecule has 2 aliphatic rings. The van der Waals surface area contributed by atoms with Crippen LogP contribution < -0.4 is 10.1 Å². The first kappa shape index (κ1) is 18.8. The van der Waals surface area contributed by atoms with Crippen LogP contribution in [0.25, 0.3) is 0 Å². The van der Waals surface area contributed by atoms with Crippen molar-refractivity contribution in [1.82, 2.24) is 15.2 Å². The number of benzene rings is 1. The molecule has 0 radical (unpaired) electrons. The fourth-order valence-corrected chi connectivity index (χ4v) is 4.13. The van der Waals surface area contributed by atoms with E-state index in [-0.39, 0.29) is 24.1 Å². The Kier molecular flexibility index (Phi) is 5.52. The molecule has 1 aromatic heterocycles. The van der Waals surface area contributed by atoms with Crippen molar-refractivity contribution >= 4 is 5.91 Å². The smallest absolute Gasteiger partial charge is 0.224 e. The predicted octanol–water partition coefficient (Wildman–Crippen LogP) is 3.64. The highest BCUT2D eigenvalue weighted by Gasteiger charge is 2.37. The summed E-state index contributed by atoms with van der Waals surface area (Å²) in [6, 6.07) is 7.48. The number of hydrogen-bond acceptors (Lipinski definition) is 4. The number of rotatable bonds is 7. The standard InChI is InChI=1S/C21H23F2N3O2/c22-18-6-5-17(11-19(18)23)28-21-15(2-1-8-24-21)12-25-20(27)7-9-26-13-14-3-4-16(26)10-14/h1-2,5-6,8,11,14,16H,3-4,7,9-10,12-13H2,(H,25,27)/t14-,16-/m0/s1. The van der Waals surface area contributed by atoms with Gasteiger partial charge in [-0.15, -0.1) is 0 Å². The SMILES string of the molecule is O=C(CCN1C[C@H]2CC[C@H]1C2)NCc1cccnc1Oc1ccc(F)c(F)c1. The lowest BCUT2D eigenvalue weighted by Crippen LogP contribution is -2.35. The van der Waals surface area contributed by atoms with E-state index in [9.17, 15) is 13.6 Å². The van der Waals surface area contributed by atoms with E-state index in [1.54, 1.807) is 18.3 Å². The minimum Gasteiger partial charge on any atom is -0.439 e. The van der Waals surface area contributed by atoms with Gasteiger partial charge in [-0.2, -0.15) is 0 Å². The number of halogens is 2. The van der Waals surface area contributed by atoms with Crippen molar-refractivity contribution in [2.75, 3.05) is 13.1 Å². The van der Waals surface area contributed by atoms with Crippen LogP contribution in [0.4, 0.5) is 8.78 Å². The summed E-state index contributed by atoms with van der Waals surface area (Å²) in [4.78, 5) is 18.8. The van der Waals surface area contributed by atoms with Crippen LogP contribution in [0.1, 0.15) is 31.2 Å². The zero-order valence-corrected chi connectivity index (χ0v) is 15.5. The van der Waals surface area contributed by atoms with Crippen LogP contribution in [0.3, 0.4) is 0 Å². The Morgan fingerprint density at radius 2 is 2.14 bits per heavy atom. The van der Waals surface area contributed by atoms with Gasteiger partial charge in [0.15, 0.2) is 11.6 Å². The molecule has 2 atom stereocenters. The summed E-state index contributed by atoms with van der Waals surface area (Å²) in [6.45, 7) is 2.17. The molecule has 1 aliphatic heterocycles. The normalized spacial score (nSPS) is 21.1. The second-order valence-corrected chi connectivity index (χ2v) is 7.50. The van der Waals surface area contributed by atoms with Gasteiger partial charge in [0.25, 0.3) is 0 Å². The van der Waals surface area contributed by atoms with Gasteiger partial charge in [0.2, 0.25) is 11.8 Å². The molecule has 4 rings (SSSR count). The molecule has 2 heterocycles. The van der Waals surface area contributed by atoms with Gasteiger partial charge >= 0.3 is 0 Å². The quantitative estimate of drug-likeness (QED) is 0.788. The number of piperidine rings is 1. The minimum atomic E-state index is -0.987. The Hall–Kier alpha value is -2.54. The molecule has 1 amide bonds. The molecule has 2 bridgehead atoms. The molecule has 5 nitrogen and oxygen atoms in total. The van der Waals surface area contributed by atoms with Crippen LogP contribution in [0.2, 0.25) is 0 Å². The summed E-state index contributed by atoms with van der Waals surface area (Å²) in [6.07, 6.45) is 5.87. The Bertz CT molecular complexity index is 861. The third-order valence-corrected chi connectivity index (χ3v) is 5.58. The van der Waals surface area contributed by atoms with Gasteiger partial charge < -0.3 is 10.1 Å². The van der Waals surface area contributed by atoms with Gasteiger partial charge in [-0.1, -0.05) is 6.07 Å². The lowest BCUT2D eigenvalue weighted by atomic mass is 10.1. The molecule has 2 fully saturated rings. The lowest BCUT2D eigenvalue weighted by molar-refractivity contribution is -0.121. The van der Waals surface area contributed by atoms with E-state index in [0.29, 0.717) is 18.0 Å². The summed E-state index contributed by atoms with van der Waals surface area (Å²) in [5.74, 6) is -0.726. The predicted molar refractivity (Wildman–Crippen MR) is 99.8 cm³/mol. The molecular weight excluding hydrogens is 364 g/mol. The number of fused-ring (bicyclic) bond motifs is 2. The summed E-state index contributed by atoms with van der Waals surface area (Å²) < 4.78 is 32.0. The maximum atomic E-state index is 13.4. The molecule has 7 heteroatoms. The lowest BCUT2D eigenvalue weighted by Gasteiger charge is -2.26. The van der Waals surface area contributed by atoms with Gasteiger partial charge in [-0.3, -0.25) is 9.69 Å². The van der Waals surface area contributed by atoms with Gasteiger partial charge in [-0.25, -0.2) is 13.8 Å². The molecule has 2 aromatic rings. The average Bonchev–Trinajstić information content (AvgIpc) is 3.32. The van der Waals surface area contributed by atoms with Crippen molar-refractivity contribution in [3.05, 3.63) is 53.7 Å². The molecule has 1 aliphatic carbocycles. The van der Waals surface area contributed by atoms with E-state index in [1.165, 1.54) is 25.3 Å².